The minimum absolute atomic E-state index is 0.218. The number of carbonyl (C=O) groups excluding carboxylic acids is 1. The Morgan fingerprint density at radius 3 is 2.65 bits per heavy atom. The van der Waals surface area contributed by atoms with Gasteiger partial charge in [0.05, 0.1) is 0 Å². The minimum Gasteiger partial charge on any atom is -0.451 e. The number of fused-ring (bicyclic) bond motifs is 1. The predicted octanol–water partition coefficient (Wildman–Crippen LogP) is 4.54. The van der Waals surface area contributed by atoms with Crippen molar-refractivity contribution >= 4 is 22.6 Å². The van der Waals surface area contributed by atoms with Crippen molar-refractivity contribution in [3.63, 3.8) is 0 Å². The molecule has 4 nitrogen and oxygen atoms in total. The average molecular weight is 346 g/mol. The molecule has 0 bridgehead atoms. The Kier molecular flexibility index (Phi) is 3.79. The van der Waals surface area contributed by atoms with E-state index in [1.807, 2.05) is 36.4 Å². The van der Waals surface area contributed by atoms with E-state index in [0.29, 0.717) is 17.7 Å². The summed E-state index contributed by atoms with van der Waals surface area (Å²) in [5.74, 6) is 1.66. The number of furan rings is 1. The van der Waals surface area contributed by atoms with Crippen LogP contribution in [0.15, 0.2) is 59.0 Å². The van der Waals surface area contributed by atoms with Crippen molar-refractivity contribution in [3.8, 4) is 0 Å². The van der Waals surface area contributed by atoms with E-state index < -0.39 is 0 Å². The van der Waals surface area contributed by atoms with Crippen LogP contribution in [0.4, 0.5) is 5.69 Å². The molecule has 1 amide bonds. The Hall–Kier alpha value is -2.59. The largest absolute Gasteiger partial charge is 0.451 e. The second-order valence-corrected chi connectivity index (χ2v) is 7.52. The third kappa shape index (κ3) is 3.25. The average Bonchev–Trinajstić information content (AvgIpc) is 3.57. The second-order valence-electron chi connectivity index (χ2n) is 7.52. The molecule has 2 aliphatic carbocycles. The summed E-state index contributed by atoms with van der Waals surface area (Å²) in [4.78, 5) is 12.4. The summed E-state index contributed by atoms with van der Waals surface area (Å²) in [6.07, 6.45) is 4.01. The lowest BCUT2D eigenvalue weighted by Crippen LogP contribution is -2.20. The molecule has 4 heteroatoms. The maximum absolute atomic E-state index is 12.4. The Bertz CT molecular complexity index is 907. The number of benzene rings is 2. The molecule has 2 N–H and O–H groups in total. The molecular weight excluding hydrogens is 324 g/mol. The van der Waals surface area contributed by atoms with E-state index in [1.54, 1.807) is 6.07 Å². The summed E-state index contributed by atoms with van der Waals surface area (Å²) in [6.45, 7) is 1.17. The van der Waals surface area contributed by atoms with Gasteiger partial charge in [-0.3, -0.25) is 4.79 Å². The standard InChI is InChI=1S/C22H22N2O2/c25-22(21-11-16-3-1-2-4-20(16)26-21)24-17-9-7-15(8-10-17)18-12-19(18)23-13-14-5-6-14/h1-4,7-11,14,18-19,23H,5-6,12-13H2,(H,24,25)/t18-,19+/m0/s1. The SMILES string of the molecule is O=C(Nc1ccc([C@@H]2C[C@H]2NCC2CC2)cc1)c1cc2ccccc2o1. The summed E-state index contributed by atoms with van der Waals surface area (Å²) >= 11 is 0. The number of rotatable bonds is 6. The monoisotopic (exact) mass is 346 g/mol. The highest BCUT2D eigenvalue weighted by molar-refractivity contribution is 6.04. The number of hydrogen-bond donors (Lipinski definition) is 2. The van der Waals surface area contributed by atoms with Gasteiger partial charge in [0, 0.05) is 23.0 Å². The van der Waals surface area contributed by atoms with Crippen LogP contribution in [0.1, 0.15) is 41.3 Å². The molecule has 0 aliphatic heterocycles. The Labute approximate surface area is 152 Å². The van der Waals surface area contributed by atoms with Gasteiger partial charge in [0.15, 0.2) is 5.76 Å². The molecule has 132 valence electrons. The zero-order chi connectivity index (χ0) is 17.5. The fraction of sp³-hybridized carbons (Fsp3) is 0.318. The molecule has 0 radical (unpaired) electrons. The zero-order valence-corrected chi connectivity index (χ0v) is 14.6. The van der Waals surface area contributed by atoms with Crippen molar-refractivity contribution in [2.75, 3.05) is 11.9 Å². The fourth-order valence-corrected chi connectivity index (χ4v) is 3.53. The van der Waals surface area contributed by atoms with Gasteiger partial charge in [0.2, 0.25) is 0 Å². The van der Waals surface area contributed by atoms with E-state index >= 15 is 0 Å². The normalized spacial score (nSPS) is 21.7. The van der Waals surface area contributed by atoms with E-state index in [2.05, 4.69) is 22.8 Å². The van der Waals surface area contributed by atoms with Gasteiger partial charge in [-0.25, -0.2) is 0 Å². The van der Waals surface area contributed by atoms with Crippen LogP contribution >= 0.6 is 0 Å². The first-order valence-electron chi connectivity index (χ1n) is 9.39. The fourth-order valence-electron chi connectivity index (χ4n) is 3.53. The van der Waals surface area contributed by atoms with Crippen molar-refractivity contribution in [1.29, 1.82) is 0 Å². The first-order valence-corrected chi connectivity index (χ1v) is 9.39. The van der Waals surface area contributed by atoms with E-state index in [0.717, 1.165) is 22.6 Å². The molecule has 2 aromatic carbocycles. The highest BCUT2D eigenvalue weighted by Crippen LogP contribution is 2.41. The van der Waals surface area contributed by atoms with E-state index in [-0.39, 0.29) is 5.91 Å². The van der Waals surface area contributed by atoms with Gasteiger partial charge in [0.1, 0.15) is 5.58 Å². The van der Waals surface area contributed by atoms with Gasteiger partial charge in [0.25, 0.3) is 5.91 Å². The topological polar surface area (TPSA) is 54.3 Å². The molecule has 2 aliphatic rings. The quantitative estimate of drug-likeness (QED) is 0.689. The number of anilines is 1. The molecule has 0 unspecified atom stereocenters. The molecule has 26 heavy (non-hydrogen) atoms. The van der Waals surface area contributed by atoms with Crippen molar-refractivity contribution < 1.29 is 9.21 Å². The molecule has 2 fully saturated rings. The minimum atomic E-state index is -0.218. The summed E-state index contributed by atoms with van der Waals surface area (Å²) in [5.41, 5.74) is 2.87. The molecule has 1 heterocycles. The number of hydrogen-bond acceptors (Lipinski definition) is 3. The lowest BCUT2D eigenvalue weighted by molar-refractivity contribution is 0.0998. The summed E-state index contributed by atoms with van der Waals surface area (Å²) in [7, 11) is 0. The van der Waals surface area contributed by atoms with E-state index in [9.17, 15) is 4.79 Å². The third-order valence-electron chi connectivity index (χ3n) is 5.40. The van der Waals surface area contributed by atoms with E-state index in [1.165, 1.54) is 31.4 Å². The van der Waals surface area contributed by atoms with Crippen molar-refractivity contribution in [2.45, 2.75) is 31.2 Å². The molecular formula is C22H22N2O2. The van der Waals surface area contributed by atoms with Gasteiger partial charge < -0.3 is 15.1 Å². The lowest BCUT2D eigenvalue weighted by Gasteiger charge is -2.06. The predicted molar refractivity (Wildman–Crippen MR) is 102 cm³/mol. The smallest absolute Gasteiger partial charge is 0.291 e. The van der Waals surface area contributed by atoms with Crippen LogP contribution in [-0.4, -0.2) is 18.5 Å². The Morgan fingerprint density at radius 1 is 1.08 bits per heavy atom. The van der Waals surface area contributed by atoms with Crippen LogP contribution < -0.4 is 10.6 Å². The van der Waals surface area contributed by atoms with Gasteiger partial charge in [-0.15, -0.1) is 0 Å². The molecule has 0 saturated heterocycles. The third-order valence-corrected chi connectivity index (χ3v) is 5.40. The van der Waals surface area contributed by atoms with Crippen molar-refractivity contribution in [2.24, 2.45) is 5.92 Å². The first kappa shape index (κ1) is 15.6. The molecule has 2 saturated carbocycles. The number of nitrogens with one attached hydrogen (secondary N) is 2. The van der Waals surface area contributed by atoms with Gasteiger partial charge in [-0.2, -0.15) is 0 Å². The number of amides is 1. The van der Waals surface area contributed by atoms with Crippen molar-refractivity contribution in [3.05, 3.63) is 65.9 Å². The maximum atomic E-state index is 12.4. The summed E-state index contributed by atoms with van der Waals surface area (Å²) < 4.78 is 5.62. The second kappa shape index (κ2) is 6.29. The van der Waals surface area contributed by atoms with Crippen molar-refractivity contribution in [1.82, 2.24) is 5.32 Å². The zero-order valence-electron chi connectivity index (χ0n) is 14.6. The molecule has 3 aromatic rings. The highest BCUT2D eigenvalue weighted by atomic mass is 16.3. The molecule has 0 spiro atoms. The van der Waals surface area contributed by atoms with Crippen LogP contribution in [0.2, 0.25) is 0 Å². The van der Waals surface area contributed by atoms with Crippen LogP contribution in [0.3, 0.4) is 0 Å². The molecule has 2 atom stereocenters. The number of carbonyl (C=O) groups is 1. The lowest BCUT2D eigenvalue weighted by atomic mass is 10.1. The summed E-state index contributed by atoms with van der Waals surface area (Å²) in [5, 5.41) is 7.52. The van der Waals surface area contributed by atoms with Gasteiger partial charge >= 0.3 is 0 Å². The first-order chi connectivity index (χ1) is 12.8. The van der Waals surface area contributed by atoms with Crippen LogP contribution in [-0.2, 0) is 0 Å². The van der Waals surface area contributed by atoms with Gasteiger partial charge in [-0.1, -0.05) is 30.3 Å². The Balaban J connectivity index is 1.21. The molecule has 1 aromatic heterocycles. The highest BCUT2D eigenvalue weighted by Gasteiger charge is 2.38. The van der Waals surface area contributed by atoms with Crippen LogP contribution in [0, 0.1) is 5.92 Å². The van der Waals surface area contributed by atoms with Gasteiger partial charge in [-0.05, 0) is 61.6 Å². The number of para-hydroxylation sites is 1. The summed E-state index contributed by atoms with van der Waals surface area (Å²) in [6, 6.07) is 18.2. The van der Waals surface area contributed by atoms with Crippen LogP contribution in [0.5, 0.6) is 0 Å². The maximum Gasteiger partial charge on any atom is 0.291 e. The van der Waals surface area contributed by atoms with Crippen LogP contribution in [0.25, 0.3) is 11.0 Å². The molecule has 5 rings (SSSR count). The Morgan fingerprint density at radius 2 is 1.88 bits per heavy atom. The van der Waals surface area contributed by atoms with E-state index in [4.69, 9.17) is 4.42 Å².